The molecule has 2 heterocycles. The summed E-state index contributed by atoms with van der Waals surface area (Å²) in [5.74, 6) is -0.456. The molecule has 0 aliphatic carbocycles. The molecule has 1 aliphatic rings. The highest BCUT2D eigenvalue weighted by Gasteiger charge is 2.23. The Bertz CT molecular complexity index is 1330. The molecule has 5 rings (SSSR count). The standard InChI is InChI=1S/C30H31FN4O2/c1-2-37-29(36)22-34-18-16-33(17-19-34)21-25-20-32-35(30(25)27-10-6-7-11-28(27)31)26-14-12-24(13-15-26)23-8-4-3-5-9-23/h3-15,20H,2,16-19,21-22H2,1H3. The van der Waals surface area contributed by atoms with E-state index in [1.54, 1.807) is 6.07 Å². The third kappa shape index (κ3) is 5.79. The molecule has 7 heteroatoms. The van der Waals surface area contributed by atoms with Crippen molar-refractivity contribution >= 4 is 5.97 Å². The smallest absolute Gasteiger partial charge is 0.320 e. The Morgan fingerprint density at radius 1 is 0.865 bits per heavy atom. The van der Waals surface area contributed by atoms with Gasteiger partial charge in [0.25, 0.3) is 0 Å². The summed E-state index contributed by atoms with van der Waals surface area (Å²) >= 11 is 0. The molecule has 0 unspecified atom stereocenters. The highest BCUT2D eigenvalue weighted by Crippen LogP contribution is 2.31. The van der Waals surface area contributed by atoms with Crippen LogP contribution in [-0.2, 0) is 16.1 Å². The van der Waals surface area contributed by atoms with Crippen molar-refractivity contribution in [1.82, 2.24) is 19.6 Å². The van der Waals surface area contributed by atoms with E-state index >= 15 is 4.39 Å². The van der Waals surface area contributed by atoms with Gasteiger partial charge in [-0.15, -0.1) is 0 Å². The predicted octanol–water partition coefficient (Wildman–Crippen LogP) is 5.03. The summed E-state index contributed by atoms with van der Waals surface area (Å²) in [4.78, 5) is 16.3. The lowest BCUT2D eigenvalue weighted by molar-refractivity contribution is -0.144. The van der Waals surface area contributed by atoms with Gasteiger partial charge in [-0.2, -0.15) is 5.10 Å². The molecular formula is C30H31FN4O2. The molecule has 190 valence electrons. The normalized spacial score (nSPS) is 14.5. The number of halogens is 1. The van der Waals surface area contributed by atoms with Crippen molar-refractivity contribution in [3.8, 4) is 28.1 Å². The number of rotatable bonds is 8. The molecule has 4 aromatic rings. The predicted molar refractivity (Wildman–Crippen MR) is 143 cm³/mol. The molecule has 0 atom stereocenters. The van der Waals surface area contributed by atoms with Gasteiger partial charge in [0.1, 0.15) is 5.82 Å². The quantitative estimate of drug-likeness (QED) is 0.319. The van der Waals surface area contributed by atoms with Crippen LogP contribution in [0.5, 0.6) is 0 Å². The van der Waals surface area contributed by atoms with Gasteiger partial charge in [-0.05, 0) is 42.3 Å². The summed E-state index contributed by atoms with van der Waals surface area (Å²) in [6, 6.07) is 25.3. The van der Waals surface area contributed by atoms with Gasteiger partial charge in [-0.25, -0.2) is 9.07 Å². The number of ether oxygens (including phenoxy) is 1. The lowest BCUT2D eigenvalue weighted by Crippen LogP contribution is -2.47. The first kappa shape index (κ1) is 24.9. The van der Waals surface area contributed by atoms with Crippen molar-refractivity contribution < 1.29 is 13.9 Å². The number of carbonyl (C=O) groups is 1. The summed E-state index contributed by atoms with van der Waals surface area (Å²) < 4.78 is 21.9. The van der Waals surface area contributed by atoms with Crippen LogP contribution in [0.3, 0.4) is 0 Å². The minimum atomic E-state index is -0.273. The number of nitrogens with zero attached hydrogens (tertiary/aromatic N) is 4. The van der Waals surface area contributed by atoms with E-state index in [-0.39, 0.29) is 11.8 Å². The molecule has 0 saturated carbocycles. The van der Waals surface area contributed by atoms with Crippen molar-refractivity contribution in [1.29, 1.82) is 0 Å². The molecule has 0 spiro atoms. The Morgan fingerprint density at radius 2 is 1.51 bits per heavy atom. The fraction of sp³-hybridized carbons (Fsp3) is 0.267. The number of piperazine rings is 1. The number of carbonyl (C=O) groups excluding carboxylic acids is 1. The molecule has 0 N–H and O–H groups in total. The highest BCUT2D eigenvalue weighted by molar-refractivity contribution is 5.71. The fourth-order valence-corrected chi connectivity index (χ4v) is 4.80. The Hall–Kier alpha value is -3.81. The average molecular weight is 499 g/mol. The second kappa shape index (κ2) is 11.5. The molecule has 1 aliphatic heterocycles. The largest absolute Gasteiger partial charge is 0.465 e. The Morgan fingerprint density at radius 3 is 2.22 bits per heavy atom. The number of aromatic nitrogens is 2. The van der Waals surface area contributed by atoms with Crippen LogP contribution in [0.2, 0.25) is 0 Å². The molecule has 1 aromatic heterocycles. The fourth-order valence-electron chi connectivity index (χ4n) is 4.80. The zero-order valence-corrected chi connectivity index (χ0v) is 21.0. The molecule has 6 nitrogen and oxygen atoms in total. The third-order valence-electron chi connectivity index (χ3n) is 6.71. The minimum Gasteiger partial charge on any atom is -0.465 e. The van der Waals surface area contributed by atoms with Gasteiger partial charge in [0.2, 0.25) is 0 Å². The van der Waals surface area contributed by atoms with Gasteiger partial charge in [0.15, 0.2) is 0 Å². The lowest BCUT2D eigenvalue weighted by Gasteiger charge is -2.34. The average Bonchev–Trinajstić information content (AvgIpc) is 3.34. The van der Waals surface area contributed by atoms with E-state index in [2.05, 4.69) is 34.1 Å². The van der Waals surface area contributed by atoms with Gasteiger partial charge in [0, 0.05) is 43.9 Å². The maximum absolute atomic E-state index is 15.0. The van der Waals surface area contributed by atoms with Crippen LogP contribution in [0.4, 0.5) is 4.39 Å². The van der Waals surface area contributed by atoms with Crippen molar-refractivity contribution in [2.45, 2.75) is 13.5 Å². The first-order valence-corrected chi connectivity index (χ1v) is 12.7. The van der Waals surface area contributed by atoms with Crippen molar-refractivity contribution in [2.75, 3.05) is 39.3 Å². The molecule has 3 aromatic carbocycles. The summed E-state index contributed by atoms with van der Waals surface area (Å²) in [6.45, 7) is 6.38. The minimum absolute atomic E-state index is 0.183. The van der Waals surface area contributed by atoms with Gasteiger partial charge >= 0.3 is 5.97 Å². The van der Waals surface area contributed by atoms with E-state index < -0.39 is 0 Å². The maximum atomic E-state index is 15.0. The molecule has 0 amide bonds. The van der Waals surface area contributed by atoms with E-state index in [0.717, 1.165) is 54.3 Å². The van der Waals surface area contributed by atoms with Crippen LogP contribution in [-0.4, -0.2) is 64.9 Å². The van der Waals surface area contributed by atoms with Gasteiger partial charge in [0.05, 0.1) is 30.7 Å². The van der Waals surface area contributed by atoms with Crippen molar-refractivity contribution in [2.24, 2.45) is 0 Å². The van der Waals surface area contributed by atoms with Crippen molar-refractivity contribution in [3.63, 3.8) is 0 Å². The number of hydrogen-bond donors (Lipinski definition) is 0. The van der Waals surface area contributed by atoms with Gasteiger partial charge in [-0.3, -0.25) is 14.6 Å². The van der Waals surface area contributed by atoms with Gasteiger partial charge in [-0.1, -0.05) is 54.6 Å². The van der Waals surface area contributed by atoms with Crippen molar-refractivity contribution in [3.05, 3.63) is 96.4 Å². The molecular weight excluding hydrogens is 467 g/mol. The molecule has 1 fully saturated rings. The second-order valence-electron chi connectivity index (χ2n) is 9.18. The molecule has 0 bridgehead atoms. The topological polar surface area (TPSA) is 50.6 Å². The lowest BCUT2D eigenvalue weighted by atomic mass is 10.0. The van der Waals surface area contributed by atoms with E-state index in [1.165, 1.54) is 6.07 Å². The molecule has 1 saturated heterocycles. The first-order chi connectivity index (χ1) is 18.1. The zero-order valence-electron chi connectivity index (χ0n) is 21.0. The monoisotopic (exact) mass is 498 g/mol. The van der Waals surface area contributed by atoms with Crippen LogP contribution < -0.4 is 0 Å². The highest BCUT2D eigenvalue weighted by atomic mass is 19.1. The van der Waals surface area contributed by atoms with E-state index in [0.29, 0.717) is 25.3 Å². The summed E-state index contributed by atoms with van der Waals surface area (Å²) in [5.41, 5.74) is 5.40. The number of esters is 1. The summed E-state index contributed by atoms with van der Waals surface area (Å²) in [7, 11) is 0. The summed E-state index contributed by atoms with van der Waals surface area (Å²) in [5, 5.41) is 4.70. The van der Waals surface area contributed by atoms with Crippen LogP contribution >= 0.6 is 0 Å². The molecule has 0 radical (unpaired) electrons. The van der Waals surface area contributed by atoms with Gasteiger partial charge < -0.3 is 4.74 Å². The zero-order chi connectivity index (χ0) is 25.6. The first-order valence-electron chi connectivity index (χ1n) is 12.7. The summed E-state index contributed by atoms with van der Waals surface area (Å²) in [6.07, 6.45) is 1.85. The van der Waals surface area contributed by atoms with Crippen LogP contribution in [0.25, 0.3) is 28.1 Å². The Labute approximate surface area is 216 Å². The number of hydrogen-bond acceptors (Lipinski definition) is 5. The van der Waals surface area contributed by atoms with E-state index in [4.69, 9.17) is 9.84 Å². The van der Waals surface area contributed by atoms with Crippen LogP contribution in [0.15, 0.2) is 85.1 Å². The van der Waals surface area contributed by atoms with E-state index in [1.807, 2.05) is 60.3 Å². The van der Waals surface area contributed by atoms with Crippen LogP contribution in [0, 0.1) is 5.82 Å². The molecule has 37 heavy (non-hydrogen) atoms. The van der Waals surface area contributed by atoms with E-state index in [9.17, 15) is 4.79 Å². The third-order valence-corrected chi connectivity index (χ3v) is 6.71. The second-order valence-corrected chi connectivity index (χ2v) is 9.18. The SMILES string of the molecule is CCOC(=O)CN1CCN(Cc2cnn(-c3ccc(-c4ccccc4)cc3)c2-c2ccccc2F)CC1. The maximum Gasteiger partial charge on any atom is 0.320 e. The Balaban J connectivity index is 1.39. The van der Waals surface area contributed by atoms with Crippen LogP contribution in [0.1, 0.15) is 12.5 Å². The number of benzene rings is 3. The Kier molecular flexibility index (Phi) is 7.73.